The van der Waals surface area contributed by atoms with Crippen LogP contribution in [0.2, 0.25) is 0 Å². The predicted octanol–water partition coefficient (Wildman–Crippen LogP) is 9.53. The van der Waals surface area contributed by atoms with Crippen LogP contribution in [0, 0.1) is 92.7 Å². The van der Waals surface area contributed by atoms with Crippen molar-refractivity contribution in [1.29, 1.82) is 0 Å². The molecule has 0 aromatic heterocycles. The highest BCUT2D eigenvalue weighted by Crippen LogP contribution is 2.71. The molecule has 6 unspecified atom stereocenters. The maximum atomic E-state index is 14.6. The van der Waals surface area contributed by atoms with Gasteiger partial charge < -0.3 is 30.3 Å². The van der Waals surface area contributed by atoms with Crippen molar-refractivity contribution in [2.45, 2.75) is 193 Å². The van der Waals surface area contributed by atoms with E-state index in [0.717, 1.165) is 57.8 Å². The maximum absolute atomic E-state index is 14.6. The summed E-state index contributed by atoms with van der Waals surface area (Å²) in [6.45, 7) is 13.0. The Morgan fingerprint density at radius 2 is 0.967 bits per heavy atom. The van der Waals surface area contributed by atoms with Gasteiger partial charge in [0.2, 0.25) is 0 Å². The first-order valence-corrected chi connectivity index (χ1v) is 24.1. The fourth-order valence-electron chi connectivity index (χ4n) is 17.6. The fraction of sp³-hybridized carbons (Fsp3) is 0.959. The van der Waals surface area contributed by atoms with Gasteiger partial charge >= 0.3 is 11.9 Å². The molecule has 0 heterocycles. The molecule has 0 saturated heterocycles. The summed E-state index contributed by atoms with van der Waals surface area (Å²) in [6.07, 6.45) is 6.42. The molecule has 8 aliphatic rings. The molecule has 61 heavy (non-hydrogen) atoms. The highest BCUT2D eigenvalue weighted by atomic mass is 19.3. The van der Waals surface area contributed by atoms with Crippen LogP contribution in [0.3, 0.4) is 0 Å². The molecule has 12 heteroatoms. The van der Waals surface area contributed by atoms with E-state index in [9.17, 15) is 47.6 Å². The van der Waals surface area contributed by atoms with E-state index in [1.165, 1.54) is 7.11 Å². The molecule has 0 aromatic carbocycles. The SMILES string of the molecule is COC(=O)CC[C@@H](C)[C@H]1CCC2C3C(CC[C@@]21C)[C@@]1(C)CC(F)(F)[C@@H](O)C[C@H]1C[C@H]3O.C[C@H](CCC(=O)O)[C@H]1CCC2C3C(CC[C@@]21C)[C@@]1(C)CC(F)(F)[C@@H](O)C[C@H]1C[C@H]3O. The summed E-state index contributed by atoms with van der Waals surface area (Å²) in [5.41, 5.74) is -0.943. The number of hydrogen-bond donors (Lipinski definition) is 5. The maximum Gasteiger partial charge on any atom is 0.305 e. The lowest BCUT2D eigenvalue weighted by molar-refractivity contribution is -0.236. The zero-order chi connectivity index (χ0) is 44.8. The Morgan fingerprint density at radius 1 is 0.590 bits per heavy atom. The van der Waals surface area contributed by atoms with Crippen molar-refractivity contribution in [2.75, 3.05) is 7.11 Å². The summed E-state index contributed by atoms with van der Waals surface area (Å²) < 4.78 is 63.2. The number of aliphatic hydroxyl groups is 4. The minimum atomic E-state index is -3.05. The molecular weight excluding hydrogens is 793 g/mol. The number of rotatable bonds is 8. The van der Waals surface area contributed by atoms with Gasteiger partial charge in [0, 0.05) is 25.7 Å². The molecule has 0 aromatic rings. The summed E-state index contributed by atoms with van der Waals surface area (Å²) in [5, 5.41) is 51.5. The molecule has 0 amide bonds. The van der Waals surface area contributed by atoms with Crippen molar-refractivity contribution in [1.82, 2.24) is 0 Å². The number of alkyl halides is 4. The molecule has 5 N–H and O–H groups in total. The summed E-state index contributed by atoms with van der Waals surface area (Å²) in [7, 11) is 1.42. The van der Waals surface area contributed by atoms with E-state index >= 15 is 0 Å². The van der Waals surface area contributed by atoms with Crippen molar-refractivity contribution in [3.63, 3.8) is 0 Å². The summed E-state index contributed by atoms with van der Waals surface area (Å²) in [4.78, 5) is 22.7. The van der Waals surface area contributed by atoms with Gasteiger partial charge in [0.15, 0.2) is 0 Å². The largest absolute Gasteiger partial charge is 0.481 e. The van der Waals surface area contributed by atoms with E-state index in [1.807, 2.05) is 13.8 Å². The molecular formula is C49H78F4O8. The number of carbonyl (C=O) groups excluding carboxylic acids is 1. The fourth-order valence-corrected chi connectivity index (χ4v) is 17.6. The van der Waals surface area contributed by atoms with Crippen molar-refractivity contribution in [3.05, 3.63) is 0 Å². The van der Waals surface area contributed by atoms with Gasteiger partial charge in [-0.3, -0.25) is 9.59 Å². The normalized spacial score (nSPS) is 50.1. The third-order valence-electron chi connectivity index (χ3n) is 20.8. The lowest BCUT2D eigenvalue weighted by atomic mass is 9.43. The molecule has 8 aliphatic carbocycles. The summed E-state index contributed by atoms with van der Waals surface area (Å²) in [6, 6.07) is 0. The van der Waals surface area contributed by atoms with E-state index in [-0.39, 0.29) is 84.4 Å². The Kier molecular flexibility index (Phi) is 13.0. The topological polar surface area (TPSA) is 145 Å². The number of carbonyl (C=O) groups is 2. The summed E-state index contributed by atoms with van der Waals surface area (Å²) >= 11 is 0. The van der Waals surface area contributed by atoms with E-state index in [0.29, 0.717) is 61.2 Å². The van der Waals surface area contributed by atoms with Gasteiger partial charge in [-0.15, -0.1) is 0 Å². The molecule has 8 nitrogen and oxygen atoms in total. The lowest BCUT2D eigenvalue weighted by Gasteiger charge is -2.63. The number of hydrogen-bond acceptors (Lipinski definition) is 7. The Bertz CT molecular complexity index is 1610. The molecule has 8 rings (SSSR count). The molecule has 350 valence electrons. The second-order valence-electron chi connectivity index (χ2n) is 23.4. The zero-order valence-corrected chi connectivity index (χ0v) is 37.9. The first-order valence-electron chi connectivity index (χ1n) is 24.1. The average Bonchev–Trinajstić information content (AvgIpc) is 3.72. The third kappa shape index (κ3) is 8.03. The molecule has 8 fully saturated rings. The highest BCUT2D eigenvalue weighted by Gasteiger charge is 2.68. The number of halogens is 4. The van der Waals surface area contributed by atoms with Crippen molar-refractivity contribution in [3.8, 4) is 0 Å². The smallest absolute Gasteiger partial charge is 0.305 e. The minimum absolute atomic E-state index is 0.0349. The molecule has 0 radical (unpaired) electrons. The molecule has 0 aliphatic heterocycles. The number of methoxy groups -OCH3 is 1. The zero-order valence-electron chi connectivity index (χ0n) is 37.9. The van der Waals surface area contributed by atoms with Crippen LogP contribution in [0.5, 0.6) is 0 Å². The van der Waals surface area contributed by atoms with E-state index in [1.54, 1.807) is 0 Å². The van der Waals surface area contributed by atoms with Crippen LogP contribution in [0.15, 0.2) is 0 Å². The first kappa shape index (κ1) is 47.5. The van der Waals surface area contributed by atoms with Gasteiger partial charge in [0.25, 0.3) is 11.8 Å². The van der Waals surface area contributed by atoms with E-state index < -0.39 is 53.1 Å². The summed E-state index contributed by atoms with van der Waals surface area (Å²) in [5.74, 6) is -4.62. The van der Waals surface area contributed by atoms with Gasteiger partial charge in [-0.25, -0.2) is 17.6 Å². The van der Waals surface area contributed by atoms with Crippen LogP contribution in [-0.4, -0.2) is 80.8 Å². The highest BCUT2D eigenvalue weighted by molar-refractivity contribution is 5.69. The van der Waals surface area contributed by atoms with Gasteiger partial charge in [0.05, 0.1) is 19.3 Å². The van der Waals surface area contributed by atoms with Crippen molar-refractivity contribution < 1.29 is 57.4 Å². The number of ether oxygens (including phenoxy) is 1. The first-order chi connectivity index (χ1) is 28.3. The number of aliphatic carboxylic acids is 1. The van der Waals surface area contributed by atoms with Crippen LogP contribution >= 0.6 is 0 Å². The van der Waals surface area contributed by atoms with Gasteiger partial charge in [0.1, 0.15) is 12.2 Å². The Hall–Kier alpha value is -1.50. The van der Waals surface area contributed by atoms with E-state index in [4.69, 9.17) is 9.84 Å². The lowest BCUT2D eigenvalue weighted by Crippen LogP contribution is -2.62. The second kappa shape index (κ2) is 16.7. The van der Waals surface area contributed by atoms with E-state index in [2.05, 4.69) is 27.7 Å². The quantitative estimate of drug-likeness (QED) is 0.120. The van der Waals surface area contributed by atoms with Crippen LogP contribution in [0.1, 0.15) is 157 Å². The second-order valence-corrected chi connectivity index (χ2v) is 23.4. The third-order valence-corrected chi connectivity index (χ3v) is 20.8. The number of fused-ring (bicyclic) bond motifs is 10. The molecule has 20 atom stereocenters. The Labute approximate surface area is 361 Å². The monoisotopic (exact) mass is 871 g/mol. The van der Waals surface area contributed by atoms with Crippen LogP contribution in [0.4, 0.5) is 17.6 Å². The van der Waals surface area contributed by atoms with Crippen LogP contribution < -0.4 is 0 Å². The van der Waals surface area contributed by atoms with Crippen molar-refractivity contribution in [2.24, 2.45) is 92.7 Å². The average molecular weight is 871 g/mol. The standard InChI is InChI=1S/C25H40F2O4.C24H38F2O4/c1-14(5-8-21(30)31-4)16-6-7-17-22-18(9-10-23(16,17)2)24(3)13-25(26,27)20(29)12-15(24)11-19(22)28;1-13(4-7-20(29)30)15-5-6-16-21-17(8-9-22(15,16)2)23(3)12-24(25,26)19(28)11-14(23)10-18(21)27/h14-20,22,28-29H,5-13H2,1-4H3;13-19,21,27-28H,4-12H2,1-3H3,(H,29,30)/t14-,15-,16-,17?,18?,19-,20+,22?,23-,24+;13-,14-,15-,16?,17?,18-,19+,21?,22-,23+/m11/s1. The van der Waals surface area contributed by atoms with Gasteiger partial charge in [-0.2, -0.15) is 0 Å². The number of carboxylic acid groups (broad SMARTS) is 1. The number of aliphatic hydroxyl groups excluding tert-OH is 4. The van der Waals surface area contributed by atoms with Crippen LogP contribution in [0.25, 0.3) is 0 Å². The van der Waals surface area contributed by atoms with Gasteiger partial charge in [-0.1, -0.05) is 41.5 Å². The Morgan fingerprint density at radius 3 is 1.34 bits per heavy atom. The predicted molar refractivity (Wildman–Crippen MR) is 222 cm³/mol. The van der Waals surface area contributed by atoms with Crippen LogP contribution in [-0.2, 0) is 14.3 Å². The number of esters is 1. The molecule has 0 bridgehead atoms. The molecule has 0 spiro atoms. The van der Waals surface area contributed by atoms with Crippen molar-refractivity contribution >= 4 is 11.9 Å². The Balaban J connectivity index is 0.000000184. The number of carboxylic acids is 1. The minimum Gasteiger partial charge on any atom is -0.481 e. The molecule has 8 saturated carbocycles. The van der Waals surface area contributed by atoms with Gasteiger partial charge in [-0.05, 0) is 183 Å².